The Morgan fingerprint density at radius 3 is 2.45 bits per heavy atom. The SMILES string of the molecule is CN(C)CCOc1ccc2nc3c4ccccc4c(=O)n(-c4ccc([N+](=O)[O-])cc4)c3n2c1. The molecule has 166 valence electrons. The first kappa shape index (κ1) is 20.7. The number of fused-ring (bicyclic) bond motifs is 5. The molecule has 0 atom stereocenters. The van der Waals surface area contributed by atoms with E-state index in [1.807, 2.05) is 59.9 Å². The summed E-state index contributed by atoms with van der Waals surface area (Å²) in [6.07, 6.45) is 1.82. The van der Waals surface area contributed by atoms with Crippen LogP contribution in [0.4, 0.5) is 5.69 Å². The first-order chi connectivity index (χ1) is 15.9. The van der Waals surface area contributed by atoms with E-state index in [2.05, 4.69) is 0 Å². The number of likely N-dealkylation sites (N-methyl/N-ethyl adjacent to an activating group) is 1. The molecule has 5 rings (SSSR count). The number of nitro groups is 1. The highest BCUT2D eigenvalue weighted by atomic mass is 16.6. The maximum absolute atomic E-state index is 13.6. The molecule has 3 aromatic heterocycles. The Morgan fingerprint density at radius 2 is 1.76 bits per heavy atom. The van der Waals surface area contributed by atoms with Crippen LogP contribution >= 0.6 is 0 Å². The van der Waals surface area contributed by atoms with Crippen LogP contribution < -0.4 is 10.3 Å². The zero-order chi connectivity index (χ0) is 23.1. The van der Waals surface area contributed by atoms with Crippen molar-refractivity contribution in [2.45, 2.75) is 0 Å². The third kappa shape index (κ3) is 3.58. The summed E-state index contributed by atoms with van der Waals surface area (Å²) in [5.74, 6) is 0.652. The van der Waals surface area contributed by atoms with Gasteiger partial charge in [0, 0.05) is 29.4 Å². The number of rotatable bonds is 6. The lowest BCUT2D eigenvalue weighted by Gasteiger charge is -2.13. The second-order valence-corrected chi connectivity index (χ2v) is 7.99. The molecule has 0 fully saturated rings. The number of hydrogen-bond donors (Lipinski definition) is 0. The molecular formula is C24H21N5O4. The number of imidazole rings is 1. The monoisotopic (exact) mass is 443 g/mol. The Balaban J connectivity index is 1.79. The molecular weight excluding hydrogens is 422 g/mol. The Bertz CT molecular complexity index is 1570. The highest BCUT2D eigenvalue weighted by Crippen LogP contribution is 2.28. The highest BCUT2D eigenvalue weighted by Gasteiger charge is 2.18. The summed E-state index contributed by atoms with van der Waals surface area (Å²) in [5.41, 5.74) is 2.14. The quantitative estimate of drug-likeness (QED) is 0.294. The van der Waals surface area contributed by atoms with Gasteiger partial charge in [-0.2, -0.15) is 0 Å². The van der Waals surface area contributed by atoms with Crippen molar-refractivity contribution in [2.75, 3.05) is 27.2 Å². The van der Waals surface area contributed by atoms with E-state index in [9.17, 15) is 14.9 Å². The Labute approximate surface area is 188 Å². The molecule has 0 radical (unpaired) electrons. The van der Waals surface area contributed by atoms with Gasteiger partial charge < -0.3 is 9.64 Å². The number of hydrogen-bond acceptors (Lipinski definition) is 6. The van der Waals surface area contributed by atoms with Crippen LogP contribution in [-0.4, -0.2) is 51.0 Å². The zero-order valence-corrected chi connectivity index (χ0v) is 18.1. The van der Waals surface area contributed by atoms with Crippen molar-refractivity contribution in [3.05, 3.63) is 87.3 Å². The number of non-ortho nitro benzene ring substituents is 1. The van der Waals surface area contributed by atoms with Gasteiger partial charge in [-0.15, -0.1) is 0 Å². The Morgan fingerprint density at radius 1 is 1.03 bits per heavy atom. The minimum absolute atomic E-state index is 0.0430. The molecule has 3 heterocycles. The van der Waals surface area contributed by atoms with Gasteiger partial charge in [-0.1, -0.05) is 18.2 Å². The van der Waals surface area contributed by atoms with Crippen molar-refractivity contribution in [3.63, 3.8) is 0 Å². The van der Waals surface area contributed by atoms with Gasteiger partial charge in [-0.25, -0.2) is 4.98 Å². The molecule has 0 aliphatic heterocycles. The molecule has 9 heteroatoms. The van der Waals surface area contributed by atoms with Crippen molar-refractivity contribution < 1.29 is 9.66 Å². The van der Waals surface area contributed by atoms with Crippen molar-refractivity contribution in [1.29, 1.82) is 0 Å². The van der Waals surface area contributed by atoms with E-state index in [1.54, 1.807) is 22.8 Å². The average molecular weight is 443 g/mol. The van der Waals surface area contributed by atoms with Crippen LogP contribution in [0, 0.1) is 10.1 Å². The average Bonchev–Trinajstić information content (AvgIpc) is 3.18. The molecule has 0 unspecified atom stereocenters. The molecule has 0 N–H and O–H groups in total. The van der Waals surface area contributed by atoms with Gasteiger partial charge in [0.25, 0.3) is 11.2 Å². The second kappa shape index (κ2) is 8.03. The minimum atomic E-state index is -0.464. The third-order valence-corrected chi connectivity index (χ3v) is 5.52. The highest BCUT2D eigenvalue weighted by molar-refractivity contribution is 6.04. The van der Waals surface area contributed by atoms with Gasteiger partial charge in [0.15, 0.2) is 5.65 Å². The predicted octanol–water partition coefficient (Wildman–Crippen LogP) is 3.64. The molecule has 2 aromatic carbocycles. The third-order valence-electron chi connectivity index (χ3n) is 5.52. The smallest absolute Gasteiger partial charge is 0.269 e. The summed E-state index contributed by atoms with van der Waals surface area (Å²) in [4.78, 5) is 31.1. The van der Waals surface area contributed by atoms with Crippen LogP contribution in [0.3, 0.4) is 0 Å². The maximum atomic E-state index is 13.6. The normalized spacial score (nSPS) is 11.6. The van der Waals surface area contributed by atoms with Gasteiger partial charge in [0.2, 0.25) is 0 Å². The first-order valence-corrected chi connectivity index (χ1v) is 10.4. The molecule has 0 bridgehead atoms. The Kier molecular flexibility index (Phi) is 5.02. The fraction of sp³-hybridized carbons (Fsp3) is 0.167. The number of nitrogens with zero attached hydrogens (tertiary/aromatic N) is 5. The van der Waals surface area contributed by atoms with E-state index >= 15 is 0 Å². The largest absolute Gasteiger partial charge is 0.491 e. The van der Waals surface area contributed by atoms with Gasteiger partial charge in [0.05, 0.1) is 16.8 Å². The molecule has 0 saturated carbocycles. The van der Waals surface area contributed by atoms with Crippen LogP contribution in [0.15, 0.2) is 71.7 Å². The number of benzene rings is 2. The van der Waals surface area contributed by atoms with Crippen LogP contribution in [0.1, 0.15) is 0 Å². The van der Waals surface area contributed by atoms with Crippen LogP contribution in [0.5, 0.6) is 5.75 Å². The second-order valence-electron chi connectivity index (χ2n) is 7.99. The summed E-state index contributed by atoms with van der Waals surface area (Å²) < 4.78 is 9.27. The number of pyridine rings is 2. The number of nitro benzene ring substituents is 1. The van der Waals surface area contributed by atoms with Gasteiger partial charge in [-0.3, -0.25) is 23.9 Å². The van der Waals surface area contributed by atoms with E-state index in [4.69, 9.17) is 9.72 Å². The molecule has 0 aliphatic rings. The molecule has 5 aromatic rings. The van der Waals surface area contributed by atoms with Crippen LogP contribution in [0.25, 0.3) is 33.3 Å². The summed E-state index contributed by atoms with van der Waals surface area (Å²) in [6.45, 7) is 1.28. The lowest BCUT2D eigenvalue weighted by molar-refractivity contribution is -0.384. The van der Waals surface area contributed by atoms with E-state index in [0.29, 0.717) is 40.2 Å². The van der Waals surface area contributed by atoms with E-state index in [-0.39, 0.29) is 11.2 Å². The van der Waals surface area contributed by atoms with Crippen LogP contribution in [0.2, 0.25) is 0 Å². The van der Waals surface area contributed by atoms with Crippen molar-refractivity contribution in [3.8, 4) is 11.4 Å². The minimum Gasteiger partial charge on any atom is -0.491 e. The Hall–Kier alpha value is -4.24. The molecule has 0 amide bonds. The van der Waals surface area contributed by atoms with E-state index in [1.165, 1.54) is 12.1 Å². The summed E-state index contributed by atoms with van der Waals surface area (Å²) in [7, 11) is 3.95. The van der Waals surface area contributed by atoms with Gasteiger partial charge >= 0.3 is 0 Å². The molecule has 33 heavy (non-hydrogen) atoms. The molecule has 0 saturated heterocycles. The standard InChI is InChI=1S/C24H21N5O4/c1-26(2)13-14-33-18-11-12-21-25-22-19-5-3-4-6-20(19)24(30)28(23(22)27(21)15-18)16-7-9-17(10-8-16)29(31)32/h3-12,15H,13-14H2,1-2H3. The number of aromatic nitrogens is 3. The summed E-state index contributed by atoms with van der Waals surface area (Å²) in [5, 5.41) is 12.4. The zero-order valence-electron chi connectivity index (χ0n) is 18.1. The lowest BCUT2D eigenvalue weighted by Crippen LogP contribution is -2.20. The predicted molar refractivity (Wildman–Crippen MR) is 127 cm³/mol. The fourth-order valence-electron chi connectivity index (χ4n) is 3.89. The van der Waals surface area contributed by atoms with Gasteiger partial charge in [-0.05, 0) is 44.4 Å². The van der Waals surface area contributed by atoms with E-state index < -0.39 is 4.92 Å². The van der Waals surface area contributed by atoms with Crippen LogP contribution in [-0.2, 0) is 0 Å². The van der Waals surface area contributed by atoms with Crippen molar-refractivity contribution in [1.82, 2.24) is 18.9 Å². The van der Waals surface area contributed by atoms with Crippen molar-refractivity contribution in [2.24, 2.45) is 0 Å². The molecule has 0 aliphatic carbocycles. The molecule has 0 spiro atoms. The molecule has 9 nitrogen and oxygen atoms in total. The lowest BCUT2D eigenvalue weighted by atomic mass is 10.1. The van der Waals surface area contributed by atoms with E-state index in [0.717, 1.165) is 11.9 Å². The summed E-state index contributed by atoms with van der Waals surface area (Å²) in [6, 6.07) is 17.0. The topological polar surface area (TPSA) is 94.9 Å². The summed E-state index contributed by atoms with van der Waals surface area (Å²) >= 11 is 0. The maximum Gasteiger partial charge on any atom is 0.269 e. The van der Waals surface area contributed by atoms with Crippen molar-refractivity contribution >= 4 is 33.3 Å². The first-order valence-electron chi connectivity index (χ1n) is 10.4. The fourth-order valence-corrected chi connectivity index (χ4v) is 3.89. The van der Waals surface area contributed by atoms with Gasteiger partial charge in [0.1, 0.15) is 23.5 Å². The number of ether oxygens (including phenoxy) is 1.